The van der Waals surface area contributed by atoms with Gasteiger partial charge in [-0.3, -0.25) is 24.6 Å². The molecular formula is C46H74N8O9S. The quantitative estimate of drug-likeness (QED) is 0.0309. The lowest BCUT2D eigenvalue weighted by molar-refractivity contribution is -0.131. The van der Waals surface area contributed by atoms with Gasteiger partial charge < -0.3 is 46.9 Å². The van der Waals surface area contributed by atoms with E-state index in [4.69, 9.17) is 31.1 Å². The molecule has 1 aliphatic rings. The predicted molar refractivity (Wildman–Crippen MR) is 247 cm³/mol. The van der Waals surface area contributed by atoms with Crippen LogP contribution in [0.25, 0.3) is 0 Å². The second-order valence-electron chi connectivity index (χ2n) is 17.7. The summed E-state index contributed by atoms with van der Waals surface area (Å²) in [5, 5.41) is 18.9. The number of hydrogen-bond donors (Lipinski definition) is 8. The fourth-order valence-corrected chi connectivity index (χ4v) is 8.62. The summed E-state index contributed by atoms with van der Waals surface area (Å²) < 4.78 is 46.5. The van der Waals surface area contributed by atoms with Crippen LogP contribution in [0.3, 0.4) is 0 Å². The van der Waals surface area contributed by atoms with Crippen LogP contribution in [0.2, 0.25) is 0 Å². The first kappa shape index (κ1) is 53.9. The van der Waals surface area contributed by atoms with Crippen molar-refractivity contribution in [2.75, 3.05) is 46.1 Å². The number of unbranched alkanes of at least 4 members (excludes halogenated alkanes) is 1. The van der Waals surface area contributed by atoms with E-state index in [2.05, 4.69) is 26.0 Å². The predicted octanol–water partition coefficient (Wildman–Crippen LogP) is 3.28. The SMILES string of the molecule is CC(C)(CCNC(=O)COCC(=O)NCCCC[C@@H](NC(=O)C(CC1CCCCC1)NS(=O)(=O)Cc1ccccc1)C(=O)NCc1ccc(C(=N)N)cc1)OCCC(C)(C)OCCN. The summed E-state index contributed by atoms with van der Waals surface area (Å²) in [6, 6.07) is 13.5. The topological polar surface area (TPSA) is 266 Å². The number of hydrogen-bond acceptors (Lipinski definition) is 11. The molecule has 0 heterocycles. The Morgan fingerprint density at radius 3 is 2.03 bits per heavy atom. The van der Waals surface area contributed by atoms with Crippen molar-refractivity contribution < 1.29 is 41.8 Å². The van der Waals surface area contributed by atoms with Crippen molar-refractivity contribution in [1.82, 2.24) is 26.0 Å². The van der Waals surface area contributed by atoms with E-state index in [-0.39, 0.29) is 61.7 Å². The molecule has 0 aromatic heterocycles. The zero-order chi connectivity index (χ0) is 47.0. The monoisotopic (exact) mass is 915 g/mol. The van der Waals surface area contributed by atoms with Gasteiger partial charge in [-0.1, -0.05) is 86.7 Å². The Kier molecular flexibility index (Phi) is 23.4. The number of amidine groups is 1. The third-order valence-electron chi connectivity index (χ3n) is 11.1. The second kappa shape index (κ2) is 27.8. The van der Waals surface area contributed by atoms with Crippen LogP contribution in [0, 0.1) is 11.3 Å². The molecule has 0 spiro atoms. The first-order valence-electron chi connectivity index (χ1n) is 22.5. The molecule has 0 radical (unpaired) electrons. The van der Waals surface area contributed by atoms with Crippen LogP contribution < -0.4 is 37.5 Å². The summed E-state index contributed by atoms with van der Waals surface area (Å²) >= 11 is 0. The van der Waals surface area contributed by atoms with Crippen molar-refractivity contribution in [2.24, 2.45) is 17.4 Å². The average Bonchev–Trinajstić information content (AvgIpc) is 3.24. The third kappa shape index (κ3) is 22.4. The first-order chi connectivity index (χ1) is 30.4. The summed E-state index contributed by atoms with van der Waals surface area (Å²) in [6.07, 6.45) is 7.58. The molecule has 4 amide bonds. The molecule has 10 N–H and O–H groups in total. The highest BCUT2D eigenvalue weighted by molar-refractivity contribution is 7.88. The van der Waals surface area contributed by atoms with Crippen molar-refractivity contribution >= 4 is 39.5 Å². The molecule has 18 heteroatoms. The smallest absolute Gasteiger partial charge is 0.246 e. The lowest BCUT2D eigenvalue weighted by Gasteiger charge is -2.29. The van der Waals surface area contributed by atoms with Gasteiger partial charge in [-0.25, -0.2) is 13.1 Å². The molecule has 17 nitrogen and oxygen atoms in total. The molecule has 0 bridgehead atoms. The van der Waals surface area contributed by atoms with Gasteiger partial charge in [-0.2, -0.15) is 0 Å². The maximum atomic E-state index is 14.0. The molecule has 1 saturated carbocycles. The van der Waals surface area contributed by atoms with E-state index >= 15 is 0 Å². The van der Waals surface area contributed by atoms with E-state index in [0.717, 1.165) is 37.7 Å². The normalized spacial score (nSPS) is 14.6. The molecule has 1 aliphatic carbocycles. The van der Waals surface area contributed by atoms with Gasteiger partial charge in [0.15, 0.2) is 0 Å². The molecule has 358 valence electrons. The van der Waals surface area contributed by atoms with E-state index in [1.165, 1.54) is 0 Å². The van der Waals surface area contributed by atoms with Gasteiger partial charge in [0.25, 0.3) is 0 Å². The lowest BCUT2D eigenvalue weighted by Crippen LogP contribution is -2.54. The van der Waals surface area contributed by atoms with E-state index in [1.807, 2.05) is 27.7 Å². The number of amides is 4. The van der Waals surface area contributed by atoms with Crippen molar-refractivity contribution in [3.05, 3.63) is 71.3 Å². The summed E-state index contributed by atoms with van der Waals surface area (Å²) in [5.74, 6) is -2.01. The van der Waals surface area contributed by atoms with Crippen LogP contribution in [0.15, 0.2) is 54.6 Å². The zero-order valence-electron chi connectivity index (χ0n) is 38.3. The van der Waals surface area contributed by atoms with Gasteiger partial charge in [0, 0.05) is 31.7 Å². The number of carbonyl (C=O) groups excluding carboxylic acids is 4. The summed E-state index contributed by atoms with van der Waals surface area (Å²) in [4.78, 5) is 52.5. The number of rotatable bonds is 31. The zero-order valence-corrected chi connectivity index (χ0v) is 39.1. The average molecular weight is 915 g/mol. The molecule has 0 saturated heterocycles. The van der Waals surface area contributed by atoms with Crippen LogP contribution in [0.5, 0.6) is 0 Å². The standard InChI is InChI=1S/C46H74N8O9S/c1-45(2,62-27-23-46(3,4)63-28-24-47)22-26-51-41(56)32-61-31-40(55)50-25-12-11-17-38(43(57)52-30-35-18-20-37(21-19-35)42(48)49)53-44(58)39(29-34-13-7-5-8-14-34)54-64(59,60)33-36-15-9-6-10-16-36/h6,9-10,15-16,18-21,34,38-39,54H,5,7-8,11-14,17,22-33,47H2,1-4H3,(H3,48,49)(H,50,55)(H,51,56)(H,52,57)(H,53,58)/t38-,39?/m1/s1. The maximum Gasteiger partial charge on any atom is 0.246 e. The number of carbonyl (C=O) groups is 4. The minimum absolute atomic E-state index is 0.0774. The molecule has 2 atom stereocenters. The molecule has 1 fully saturated rings. The third-order valence-corrected chi connectivity index (χ3v) is 12.4. The van der Waals surface area contributed by atoms with Gasteiger partial charge in [-0.15, -0.1) is 0 Å². The van der Waals surface area contributed by atoms with Crippen molar-refractivity contribution in [2.45, 2.75) is 134 Å². The molecule has 3 rings (SSSR count). The summed E-state index contributed by atoms with van der Waals surface area (Å²) in [5.41, 5.74) is 12.2. The maximum absolute atomic E-state index is 14.0. The van der Waals surface area contributed by atoms with Crippen molar-refractivity contribution in [3.8, 4) is 0 Å². The highest BCUT2D eigenvalue weighted by Crippen LogP contribution is 2.28. The molecule has 64 heavy (non-hydrogen) atoms. The Morgan fingerprint density at radius 2 is 1.39 bits per heavy atom. The van der Waals surface area contributed by atoms with Crippen molar-refractivity contribution in [1.29, 1.82) is 5.41 Å². The van der Waals surface area contributed by atoms with E-state index in [9.17, 15) is 27.6 Å². The van der Waals surface area contributed by atoms with E-state index in [0.29, 0.717) is 69.5 Å². The van der Waals surface area contributed by atoms with Crippen LogP contribution >= 0.6 is 0 Å². The Balaban J connectivity index is 1.50. The van der Waals surface area contributed by atoms with Crippen LogP contribution in [-0.2, 0) is 55.7 Å². The lowest BCUT2D eigenvalue weighted by atomic mass is 9.85. The summed E-state index contributed by atoms with van der Waals surface area (Å²) in [7, 11) is -3.92. The molecule has 2 aromatic rings. The van der Waals surface area contributed by atoms with Gasteiger partial charge in [0.05, 0.1) is 30.2 Å². The highest BCUT2D eigenvalue weighted by atomic mass is 32.2. The Bertz CT molecular complexity index is 1860. The number of ether oxygens (including phenoxy) is 3. The Labute approximate surface area is 380 Å². The number of nitrogens with two attached hydrogens (primary N) is 2. The van der Waals surface area contributed by atoms with Gasteiger partial charge >= 0.3 is 0 Å². The minimum Gasteiger partial charge on any atom is -0.384 e. The van der Waals surface area contributed by atoms with Gasteiger partial charge in [-0.05, 0) is 83.3 Å². The Hall–Kier alpha value is -4.46. The molecular weight excluding hydrogens is 841 g/mol. The second-order valence-corrected chi connectivity index (χ2v) is 19.5. The number of benzene rings is 2. The van der Waals surface area contributed by atoms with E-state index < -0.39 is 45.4 Å². The molecule has 1 unspecified atom stereocenters. The van der Waals surface area contributed by atoms with E-state index in [1.54, 1.807) is 54.6 Å². The minimum atomic E-state index is -3.92. The first-order valence-corrected chi connectivity index (χ1v) is 24.2. The summed E-state index contributed by atoms with van der Waals surface area (Å²) in [6.45, 7) is 9.47. The fourth-order valence-electron chi connectivity index (χ4n) is 7.27. The number of nitrogen functional groups attached to an aromatic ring is 1. The Morgan fingerprint density at radius 1 is 0.766 bits per heavy atom. The number of nitrogens with one attached hydrogen (secondary N) is 6. The van der Waals surface area contributed by atoms with Gasteiger partial charge in [0.1, 0.15) is 31.1 Å². The molecule has 2 aromatic carbocycles. The number of sulfonamides is 1. The van der Waals surface area contributed by atoms with Gasteiger partial charge in [0.2, 0.25) is 33.7 Å². The fraction of sp³-hybridized carbons (Fsp3) is 0.630. The van der Waals surface area contributed by atoms with Crippen LogP contribution in [0.4, 0.5) is 0 Å². The molecule has 0 aliphatic heterocycles. The van der Waals surface area contributed by atoms with Crippen LogP contribution in [-0.4, -0.2) is 107 Å². The highest BCUT2D eigenvalue weighted by Gasteiger charge is 2.31. The largest absolute Gasteiger partial charge is 0.384 e. The van der Waals surface area contributed by atoms with Crippen LogP contribution in [0.1, 0.15) is 115 Å². The van der Waals surface area contributed by atoms with Crippen molar-refractivity contribution in [3.63, 3.8) is 0 Å².